The van der Waals surface area contributed by atoms with Crippen LogP contribution in [0.1, 0.15) is 56.6 Å². The third-order valence-corrected chi connectivity index (χ3v) is 7.91. The fraction of sp³-hybridized carbons (Fsp3) is 0.241. The molecule has 4 aromatic rings. The molecule has 0 radical (unpaired) electrons. The molecule has 0 bridgehead atoms. The van der Waals surface area contributed by atoms with Crippen LogP contribution in [-0.2, 0) is 17.6 Å². The summed E-state index contributed by atoms with van der Waals surface area (Å²) in [5, 5.41) is 11.5. The Kier molecular flexibility index (Phi) is 7.67. The molecule has 38 heavy (non-hydrogen) atoms. The van der Waals surface area contributed by atoms with E-state index in [1.807, 2.05) is 67.6 Å². The van der Waals surface area contributed by atoms with Crippen LogP contribution in [0.5, 0.6) is 0 Å². The average molecular weight is 545 g/mol. The summed E-state index contributed by atoms with van der Waals surface area (Å²) in [7, 11) is 0. The van der Waals surface area contributed by atoms with Crippen LogP contribution in [0.3, 0.4) is 0 Å². The van der Waals surface area contributed by atoms with Gasteiger partial charge in [0, 0.05) is 10.4 Å². The van der Waals surface area contributed by atoms with Crippen molar-refractivity contribution >= 4 is 45.5 Å². The Morgan fingerprint density at radius 1 is 1.03 bits per heavy atom. The number of hydrogen-bond donors (Lipinski definition) is 2. The highest BCUT2D eigenvalue weighted by atomic mass is 32.1. The maximum Gasteiger partial charge on any atom is 0.341 e. The van der Waals surface area contributed by atoms with Gasteiger partial charge in [-0.05, 0) is 69.4 Å². The first-order valence-corrected chi connectivity index (χ1v) is 13.8. The first-order valence-electron chi connectivity index (χ1n) is 12.6. The molecule has 0 unspecified atom stereocenters. The van der Waals surface area contributed by atoms with E-state index in [9.17, 15) is 9.59 Å². The molecule has 7 nitrogen and oxygen atoms in total. The lowest BCUT2D eigenvalue weighted by molar-refractivity contribution is 0.0526. The predicted molar refractivity (Wildman–Crippen MR) is 154 cm³/mol. The summed E-state index contributed by atoms with van der Waals surface area (Å²) in [5.74, 6) is -0.741. The number of para-hydroxylation sites is 1. The summed E-state index contributed by atoms with van der Waals surface area (Å²) in [6.45, 7) is 3.94. The molecule has 2 heterocycles. The Morgan fingerprint density at radius 2 is 1.71 bits per heavy atom. The molecule has 0 atom stereocenters. The zero-order valence-electron chi connectivity index (χ0n) is 21.2. The van der Waals surface area contributed by atoms with Crippen LogP contribution in [0.25, 0.3) is 16.9 Å². The van der Waals surface area contributed by atoms with Crippen LogP contribution in [0.2, 0.25) is 0 Å². The third-order valence-electron chi connectivity index (χ3n) is 6.50. The molecule has 1 aliphatic rings. The van der Waals surface area contributed by atoms with Gasteiger partial charge in [-0.3, -0.25) is 10.1 Å². The Hall–Kier alpha value is -3.82. The number of ether oxygens (including phenoxy) is 1. The van der Waals surface area contributed by atoms with E-state index >= 15 is 0 Å². The number of aromatic nitrogens is 2. The number of esters is 1. The van der Waals surface area contributed by atoms with Crippen molar-refractivity contribution in [2.24, 2.45) is 0 Å². The number of nitrogens with one attached hydrogen (secondary N) is 2. The van der Waals surface area contributed by atoms with E-state index < -0.39 is 0 Å². The summed E-state index contributed by atoms with van der Waals surface area (Å²) >= 11 is 7.06. The Labute approximate surface area is 230 Å². The maximum atomic E-state index is 13.6. The maximum absolute atomic E-state index is 13.6. The minimum absolute atomic E-state index is 0.116. The van der Waals surface area contributed by atoms with Gasteiger partial charge in [0.25, 0.3) is 5.91 Å². The summed E-state index contributed by atoms with van der Waals surface area (Å²) in [4.78, 5) is 27.6. The van der Waals surface area contributed by atoms with Gasteiger partial charge in [-0.15, -0.1) is 11.3 Å². The second-order valence-corrected chi connectivity index (χ2v) is 10.5. The second-order valence-electron chi connectivity index (χ2n) is 8.97. The number of aryl methyl sites for hydroxylation is 1. The number of rotatable bonds is 6. The Balaban J connectivity index is 1.45. The van der Waals surface area contributed by atoms with E-state index in [1.54, 1.807) is 11.6 Å². The smallest absolute Gasteiger partial charge is 0.341 e. The van der Waals surface area contributed by atoms with Crippen LogP contribution in [0.4, 0.5) is 5.00 Å². The zero-order chi connectivity index (χ0) is 26.6. The molecular weight excluding hydrogens is 516 g/mol. The minimum atomic E-state index is -0.375. The van der Waals surface area contributed by atoms with E-state index in [-0.39, 0.29) is 23.6 Å². The number of benzene rings is 2. The highest BCUT2D eigenvalue weighted by Crippen LogP contribution is 2.38. The molecule has 0 spiro atoms. The third kappa shape index (κ3) is 5.12. The van der Waals surface area contributed by atoms with Gasteiger partial charge in [0.1, 0.15) is 10.7 Å². The Bertz CT molecular complexity index is 1490. The van der Waals surface area contributed by atoms with Crippen molar-refractivity contribution in [3.63, 3.8) is 0 Å². The number of thiocarbonyl (C=S) groups is 1. The van der Waals surface area contributed by atoms with Gasteiger partial charge in [0.05, 0.1) is 29.1 Å². The normalized spacial score (nSPS) is 12.5. The van der Waals surface area contributed by atoms with Gasteiger partial charge in [0.15, 0.2) is 5.11 Å². The standard InChI is InChI=1S/C29H28N4O3S2/c1-3-36-28(35)24-21-16-10-11-17-22(21)38-27(24)31-29(37)30-26(34)23-18(2)33(20-14-8-5-9-15-20)32-25(23)19-12-6-4-7-13-19/h4-9,12-15H,3,10-11,16-17H2,1-2H3,(H2,30,31,34,37). The number of anilines is 1. The topological polar surface area (TPSA) is 85.2 Å². The van der Waals surface area contributed by atoms with E-state index in [0.29, 0.717) is 27.5 Å². The van der Waals surface area contributed by atoms with Gasteiger partial charge in [0.2, 0.25) is 0 Å². The molecule has 0 saturated heterocycles. The minimum Gasteiger partial charge on any atom is -0.462 e. The van der Waals surface area contributed by atoms with Gasteiger partial charge < -0.3 is 10.1 Å². The fourth-order valence-electron chi connectivity index (χ4n) is 4.77. The van der Waals surface area contributed by atoms with Crippen molar-refractivity contribution in [3.05, 3.63) is 87.9 Å². The van der Waals surface area contributed by atoms with Crippen molar-refractivity contribution in [2.75, 3.05) is 11.9 Å². The summed E-state index contributed by atoms with van der Waals surface area (Å²) in [6.07, 6.45) is 3.87. The van der Waals surface area contributed by atoms with Crippen LogP contribution in [0, 0.1) is 6.92 Å². The van der Waals surface area contributed by atoms with Crippen molar-refractivity contribution < 1.29 is 14.3 Å². The van der Waals surface area contributed by atoms with Gasteiger partial charge >= 0.3 is 5.97 Å². The highest BCUT2D eigenvalue weighted by Gasteiger charge is 2.28. The summed E-state index contributed by atoms with van der Waals surface area (Å²) in [5.41, 5.74) is 4.92. The van der Waals surface area contributed by atoms with Crippen molar-refractivity contribution in [1.82, 2.24) is 15.1 Å². The molecular formula is C29H28N4O3S2. The number of carbonyl (C=O) groups excluding carboxylic acids is 2. The van der Waals surface area contributed by atoms with Crippen molar-refractivity contribution in [3.8, 4) is 16.9 Å². The molecule has 1 aliphatic carbocycles. The first-order chi connectivity index (χ1) is 18.5. The van der Waals surface area contributed by atoms with E-state index in [1.165, 1.54) is 16.2 Å². The number of hydrogen-bond acceptors (Lipinski definition) is 6. The summed E-state index contributed by atoms with van der Waals surface area (Å²) < 4.78 is 7.10. The molecule has 5 rings (SSSR count). The molecule has 2 aromatic heterocycles. The SMILES string of the molecule is CCOC(=O)c1c(NC(=S)NC(=O)c2c(-c3ccccc3)nn(-c3ccccc3)c2C)sc2c1CCCC2. The molecule has 0 fully saturated rings. The lowest BCUT2D eigenvalue weighted by Crippen LogP contribution is -2.34. The van der Waals surface area contributed by atoms with Crippen LogP contribution < -0.4 is 10.6 Å². The lowest BCUT2D eigenvalue weighted by Gasteiger charge is -2.13. The van der Waals surface area contributed by atoms with Gasteiger partial charge in [-0.1, -0.05) is 48.5 Å². The predicted octanol–water partition coefficient (Wildman–Crippen LogP) is 6.09. The molecule has 0 saturated carbocycles. The van der Waals surface area contributed by atoms with Crippen molar-refractivity contribution in [1.29, 1.82) is 0 Å². The largest absolute Gasteiger partial charge is 0.462 e. The number of nitrogens with zero attached hydrogens (tertiary/aromatic N) is 2. The van der Waals surface area contributed by atoms with Crippen molar-refractivity contribution in [2.45, 2.75) is 39.5 Å². The fourth-order valence-corrected chi connectivity index (χ4v) is 6.31. The van der Waals surface area contributed by atoms with Gasteiger partial charge in [-0.25, -0.2) is 9.48 Å². The second kappa shape index (κ2) is 11.3. The number of carbonyl (C=O) groups is 2. The quantitative estimate of drug-likeness (QED) is 0.226. The average Bonchev–Trinajstić information content (AvgIpc) is 3.47. The first kappa shape index (κ1) is 25.8. The molecule has 2 aromatic carbocycles. The van der Waals surface area contributed by atoms with Crippen LogP contribution in [-0.4, -0.2) is 33.4 Å². The molecule has 194 valence electrons. The molecule has 2 N–H and O–H groups in total. The van der Waals surface area contributed by atoms with E-state index in [2.05, 4.69) is 10.6 Å². The number of thiophene rings is 1. The molecule has 0 aliphatic heterocycles. The molecule has 9 heteroatoms. The monoisotopic (exact) mass is 544 g/mol. The highest BCUT2D eigenvalue weighted by molar-refractivity contribution is 7.80. The molecule has 1 amide bonds. The summed E-state index contributed by atoms with van der Waals surface area (Å²) in [6, 6.07) is 19.3. The lowest BCUT2D eigenvalue weighted by atomic mass is 9.95. The van der Waals surface area contributed by atoms with Gasteiger partial charge in [-0.2, -0.15) is 5.10 Å². The zero-order valence-corrected chi connectivity index (χ0v) is 22.9. The van der Waals surface area contributed by atoms with E-state index in [0.717, 1.165) is 42.5 Å². The Morgan fingerprint density at radius 3 is 2.42 bits per heavy atom. The van der Waals surface area contributed by atoms with E-state index in [4.69, 9.17) is 22.1 Å². The van der Waals surface area contributed by atoms with Crippen LogP contribution in [0.15, 0.2) is 60.7 Å². The number of amides is 1. The van der Waals surface area contributed by atoms with Crippen LogP contribution >= 0.6 is 23.6 Å². The number of fused-ring (bicyclic) bond motifs is 1.